The monoisotopic (exact) mass is 519 g/mol. The van der Waals surface area contributed by atoms with Crippen molar-refractivity contribution in [1.82, 2.24) is 15.6 Å². The van der Waals surface area contributed by atoms with E-state index in [1.807, 2.05) is 0 Å². The summed E-state index contributed by atoms with van der Waals surface area (Å²) >= 11 is 17.2. The van der Waals surface area contributed by atoms with Gasteiger partial charge >= 0.3 is 0 Å². The minimum atomic E-state index is -0.624. The van der Waals surface area contributed by atoms with Gasteiger partial charge in [-0.3, -0.25) is 9.59 Å². The van der Waals surface area contributed by atoms with Gasteiger partial charge in [-0.05, 0) is 18.2 Å². The first-order valence-electron chi connectivity index (χ1n) is 9.95. The Morgan fingerprint density at radius 2 is 1.58 bits per heavy atom. The van der Waals surface area contributed by atoms with Gasteiger partial charge in [0.25, 0.3) is 11.8 Å². The molecule has 1 aromatic heterocycles. The number of carbonyl (C=O) groups excluding carboxylic acids is 2. The van der Waals surface area contributed by atoms with Crippen molar-refractivity contribution >= 4 is 46.6 Å². The van der Waals surface area contributed by atoms with Gasteiger partial charge in [-0.25, -0.2) is 4.39 Å². The number of ether oxygens (including phenoxy) is 3. The second-order valence-electron chi connectivity index (χ2n) is 7.24. The van der Waals surface area contributed by atoms with Crippen LogP contribution in [0.3, 0.4) is 0 Å². The summed E-state index contributed by atoms with van der Waals surface area (Å²) in [4.78, 5) is 28.0. The van der Waals surface area contributed by atoms with E-state index in [9.17, 15) is 14.0 Å². The Balaban J connectivity index is 1.35. The van der Waals surface area contributed by atoms with Crippen molar-refractivity contribution in [1.29, 1.82) is 0 Å². The number of carbonyl (C=O) groups is 2. The molecule has 1 fully saturated rings. The molecule has 2 N–H and O–H groups in total. The second kappa shape index (κ2) is 12.2. The van der Waals surface area contributed by atoms with E-state index < -0.39 is 5.82 Å². The van der Waals surface area contributed by atoms with Gasteiger partial charge in [0.05, 0.1) is 23.3 Å². The predicted molar refractivity (Wildman–Crippen MR) is 120 cm³/mol. The lowest BCUT2D eigenvalue weighted by molar-refractivity contribution is -0.124. The number of aromatic nitrogens is 1. The van der Waals surface area contributed by atoms with Gasteiger partial charge in [0.15, 0.2) is 18.4 Å². The zero-order chi connectivity index (χ0) is 23.8. The van der Waals surface area contributed by atoms with Crippen molar-refractivity contribution in [3.8, 4) is 11.6 Å². The molecule has 1 saturated heterocycles. The van der Waals surface area contributed by atoms with Crippen molar-refractivity contribution in [2.24, 2.45) is 11.8 Å². The number of hydrogen-bond donors (Lipinski definition) is 2. The summed E-state index contributed by atoms with van der Waals surface area (Å²) in [6.45, 7) is 1.11. The SMILES string of the molecule is O=C(COc1ccc(Cl)c(F)c1)NC[C@@H]1COC[C@@H]1CNC(=O)COc1ccc(Cl)c(Cl)n1. The first-order chi connectivity index (χ1) is 15.8. The zero-order valence-corrected chi connectivity index (χ0v) is 19.6. The normalized spacial score (nSPS) is 17.5. The number of pyridine rings is 1. The molecule has 1 aliphatic heterocycles. The van der Waals surface area contributed by atoms with Crippen molar-refractivity contribution in [2.45, 2.75) is 0 Å². The highest BCUT2D eigenvalue weighted by Crippen LogP contribution is 2.23. The molecule has 1 aliphatic rings. The van der Waals surface area contributed by atoms with E-state index in [4.69, 9.17) is 49.0 Å². The quantitative estimate of drug-likeness (QED) is 0.467. The number of nitrogens with zero attached hydrogens (tertiary/aromatic N) is 1. The standard InChI is InChI=1S/C21H21Cl3FN3O5/c22-15-2-1-14(5-17(15)25)32-10-18(29)26-6-12-8-31-9-13(12)7-27-19(30)11-33-20-4-3-16(23)21(24)28-20/h1-5,12-13H,6-11H2,(H,26,29)(H,27,30)/t12-,13+/m1/s1. The van der Waals surface area contributed by atoms with E-state index in [-0.39, 0.29) is 58.7 Å². The van der Waals surface area contributed by atoms with Crippen LogP contribution in [-0.4, -0.2) is 56.3 Å². The van der Waals surface area contributed by atoms with Gasteiger partial charge in [0, 0.05) is 37.1 Å². The number of halogens is 4. The van der Waals surface area contributed by atoms with Crippen LogP contribution >= 0.6 is 34.8 Å². The summed E-state index contributed by atoms with van der Waals surface area (Å²) in [6.07, 6.45) is 0. The van der Waals surface area contributed by atoms with Gasteiger partial charge in [0.2, 0.25) is 5.88 Å². The molecule has 2 atom stereocenters. The molecule has 2 aromatic rings. The van der Waals surface area contributed by atoms with Crippen LogP contribution in [0.1, 0.15) is 0 Å². The maximum atomic E-state index is 13.4. The molecule has 0 saturated carbocycles. The fourth-order valence-electron chi connectivity index (χ4n) is 3.02. The van der Waals surface area contributed by atoms with E-state index in [1.54, 1.807) is 0 Å². The summed E-state index contributed by atoms with van der Waals surface area (Å²) in [7, 11) is 0. The first-order valence-corrected chi connectivity index (χ1v) is 11.1. The highest BCUT2D eigenvalue weighted by atomic mass is 35.5. The first kappa shape index (κ1) is 25.3. The predicted octanol–water partition coefficient (Wildman–Crippen LogP) is 3.13. The van der Waals surface area contributed by atoms with Crippen LogP contribution in [0, 0.1) is 17.7 Å². The highest BCUT2D eigenvalue weighted by molar-refractivity contribution is 6.41. The number of hydrogen-bond acceptors (Lipinski definition) is 6. The number of amides is 2. The van der Waals surface area contributed by atoms with E-state index in [0.717, 1.165) is 6.07 Å². The van der Waals surface area contributed by atoms with Gasteiger partial charge in [0.1, 0.15) is 11.6 Å². The molecule has 2 heterocycles. The van der Waals surface area contributed by atoms with Crippen LogP contribution in [0.25, 0.3) is 0 Å². The van der Waals surface area contributed by atoms with Crippen molar-refractivity contribution in [3.63, 3.8) is 0 Å². The smallest absolute Gasteiger partial charge is 0.258 e. The Morgan fingerprint density at radius 1 is 0.970 bits per heavy atom. The number of rotatable bonds is 10. The van der Waals surface area contributed by atoms with E-state index >= 15 is 0 Å². The van der Waals surface area contributed by atoms with Crippen LogP contribution in [0.5, 0.6) is 11.6 Å². The van der Waals surface area contributed by atoms with Crippen molar-refractivity contribution < 1.29 is 28.2 Å². The maximum Gasteiger partial charge on any atom is 0.258 e. The third-order valence-corrected chi connectivity index (χ3v) is 5.84. The Hall–Kier alpha value is -2.33. The summed E-state index contributed by atoms with van der Waals surface area (Å²) in [5.74, 6) is -0.892. The van der Waals surface area contributed by atoms with E-state index in [2.05, 4.69) is 15.6 Å². The van der Waals surface area contributed by atoms with Gasteiger partial charge in [-0.2, -0.15) is 4.98 Å². The summed E-state index contributed by atoms with van der Waals surface area (Å²) in [5.41, 5.74) is 0. The fourth-order valence-corrected chi connectivity index (χ4v) is 3.39. The third-order valence-electron chi connectivity index (χ3n) is 4.84. The Kier molecular flexibility index (Phi) is 9.37. The minimum Gasteiger partial charge on any atom is -0.484 e. The summed E-state index contributed by atoms with van der Waals surface area (Å²) in [5, 5.41) is 5.90. The van der Waals surface area contributed by atoms with Crippen molar-refractivity contribution in [2.75, 3.05) is 39.5 Å². The molecule has 1 aromatic carbocycles. The summed E-state index contributed by atoms with van der Waals surface area (Å²) in [6, 6.07) is 6.98. The molecule has 0 unspecified atom stereocenters. The molecular formula is C21H21Cl3FN3O5. The van der Waals surface area contributed by atoms with Crippen molar-refractivity contribution in [3.05, 3.63) is 51.3 Å². The molecule has 12 heteroatoms. The Labute approximate surface area is 204 Å². The molecule has 33 heavy (non-hydrogen) atoms. The average Bonchev–Trinajstić information content (AvgIpc) is 3.25. The lowest BCUT2D eigenvalue weighted by atomic mass is 9.96. The molecule has 0 aliphatic carbocycles. The largest absolute Gasteiger partial charge is 0.484 e. The molecule has 8 nitrogen and oxygen atoms in total. The second-order valence-corrected chi connectivity index (χ2v) is 8.41. The molecule has 0 spiro atoms. The van der Waals surface area contributed by atoms with Crippen LogP contribution in [0.15, 0.2) is 30.3 Å². The molecule has 0 bridgehead atoms. The molecule has 3 rings (SSSR count). The average molecular weight is 521 g/mol. The van der Waals surface area contributed by atoms with Crippen LogP contribution < -0.4 is 20.1 Å². The lowest BCUT2D eigenvalue weighted by Gasteiger charge is -2.18. The lowest BCUT2D eigenvalue weighted by Crippen LogP contribution is -2.40. The number of benzene rings is 1. The van der Waals surface area contributed by atoms with Gasteiger partial charge in [-0.15, -0.1) is 0 Å². The van der Waals surface area contributed by atoms with E-state index in [1.165, 1.54) is 24.3 Å². The summed E-state index contributed by atoms with van der Waals surface area (Å²) < 4.78 is 29.5. The van der Waals surface area contributed by atoms with Crippen LogP contribution in [-0.2, 0) is 14.3 Å². The maximum absolute atomic E-state index is 13.4. The molecule has 178 valence electrons. The molecule has 0 radical (unpaired) electrons. The third kappa shape index (κ3) is 7.89. The van der Waals surface area contributed by atoms with Crippen LogP contribution in [0.2, 0.25) is 15.2 Å². The Morgan fingerprint density at radius 3 is 2.18 bits per heavy atom. The van der Waals surface area contributed by atoms with Crippen LogP contribution in [0.4, 0.5) is 4.39 Å². The van der Waals surface area contributed by atoms with E-state index in [0.29, 0.717) is 31.3 Å². The minimum absolute atomic E-state index is 0.0138. The van der Waals surface area contributed by atoms with Gasteiger partial charge < -0.3 is 24.8 Å². The molecule has 2 amide bonds. The fraction of sp³-hybridized carbons (Fsp3) is 0.381. The molecular weight excluding hydrogens is 500 g/mol. The zero-order valence-electron chi connectivity index (χ0n) is 17.3. The number of nitrogens with one attached hydrogen (secondary N) is 2. The highest BCUT2D eigenvalue weighted by Gasteiger charge is 2.29. The Bertz CT molecular complexity index is 920. The topological polar surface area (TPSA) is 98.8 Å². The van der Waals surface area contributed by atoms with Gasteiger partial charge in [-0.1, -0.05) is 34.8 Å².